The highest BCUT2D eigenvalue weighted by atomic mass is 32.2. The van der Waals surface area contributed by atoms with Crippen LogP contribution in [0.15, 0.2) is 71.6 Å². The molecule has 4 rings (SSSR count). The van der Waals surface area contributed by atoms with Crippen LogP contribution in [0.3, 0.4) is 0 Å². The van der Waals surface area contributed by atoms with Crippen molar-refractivity contribution in [2.45, 2.75) is 17.9 Å². The molecule has 0 bridgehead atoms. The molecular formula is C24H28N2O4S. The molecule has 6 nitrogen and oxygen atoms in total. The van der Waals surface area contributed by atoms with Crippen LogP contribution in [0.4, 0.5) is 5.69 Å². The zero-order chi connectivity index (χ0) is 21.8. The number of β-amino-alcohol motifs (C(OH)–C–C–N with tert-alkyl or cyclic N) is 1. The smallest absolute Gasteiger partial charge is 0.264 e. The molecule has 164 valence electrons. The molecule has 0 aliphatic carbocycles. The van der Waals surface area contributed by atoms with Gasteiger partial charge in [-0.2, -0.15) is 0 Å². The summed E-state index contributed by atoms with van der Waals surface area (Å²) >= 11 is 0. The van der Waals surface area contributed by atoms with Crippen LogP contribution in [0.1, 0.15) is 5.56 Å². The van der Waals surface area contributed by atoms with E-state index >= 15 is 0 Å². The first kappa shape index (κ1) is 21.8. The molecule has 0 amide bonds. The maximum absolute atomic E-state index is 13.7. The summed E-state index contributed by atoms with van der Waals surface area (Å²) in [6.45, 7) is 5.01. The Morgan fingerprint density at radius 2 is 1.68 bits per heavy atom. The van der Waals surface area contributed by atoms with Gasteiger partial charge in [0.15, 0.2) is 0 Å². The zero-order valence-corrected chi connectivity index (χ0v) is 18.5. The predicted molar refractivity (Wildman–Crippen MR) is 123 cm³/mol. The van der Waals surface area contributed by atoms with Crippen molar-refractivity contribution in [2.24, 2.45) is 0 Å². The lowest BCUT2D eigenvalue weighted by atomic mass is 10.1. The second-order valence-electron chi connectivity index (χ2n) is 7.91. The van der Waals surface area contributed by atoms with Crippen molar-refractivity contribution >= 4 is 26.5 Å². The van der Waals surface area contributed by atoms with Gasteiger partial charge in [-0.3, -0.25) is 9.21 Å². The lowest BCUT2D eigenvalue weighted by Gasteiger charge is -2.32. The van der Waals surface area contributed by atoms with Gasteiger partial charge in [-0.15, -0.1) is 0 Å². The molecule has 1 N–H and O–H groups in total. The number of benzene rings is 3. The number of aliphatic hydroxyl groups excluding tert-OH is 1. The molecule has 0 spiro atoms. The molecule has 0 saturated carbocycles. The van der Waals surface area contributed by atoms with Gasteiger partial charge in [-0.1, -0.05) is 54.1 Å². The third-order valence-corrected chi connectivity index (χ3v) is 7.39. The van der Waals surface area contributed by atoms with E-state index in [9.17, 15) is 13.5 Å². The number of aliphatic hydroxyl groups is 1. The van der Waals surface area contributed by atoms with Gasteiger partial charge in [-0.25, -0.2) is 8.42 Å². The van der Waals surface area contributed by atoms with Crippen LogP contribution in [-0.2, 0) is 14.8 Å². The molecule has 3 aromatic carbocycles. The van der Waals surface area contributed by atoms with Crippen molar-refractivity contribution in [3.05, 3.63) is 72.3 Å². The number of hydrogen-bond donors (Lipinski definition) is 1. The molecule has 1 atom stereocenters. The van der Waals surface area contributed by atoms with Gasteiger partial charge >= 0.3 is 0 Å². The highest BCUT2D eigenvalue weighted by Crippen LogP contribution is 2.31. The maximum atomic E-state index is 13.7. The molecule has 3 aromatic rings. The van der Waals surface area contributed by atoms with Gasteiger partial charge in [0.05, 0.1) is 36.4 Å². The van der Waals surface area contributed by atoms with Gasteiger partial charge in [0.1, 0.15) is 0 Å². The van der Waals surface area contributed by atoms with Gasteiger partial charge in [0, 0.05) is 25.0 Å². The van der Waals surface area contributed by atoms with Crippen molar-refractivity contribution in [3.8, 4) is 0 Å². The number of fused-ring (bicyclic) bond motifs is 1. The SMILES string of the molecule is Cc1ccc(S(=O)(=O)N(C[C@@H](O)CN2CCOCC2)c2cccc3ccccc23)cc1. The first-order chi connectivity index (χ1) is 14.9. The normalized spacial score (nSPS) is 16.3. The third kappa shape index (κ3) is 4.91. The van der Waals surface area contributed by atoms with E-state index in [0.29, 0.717) is 25.4 Å². The summed E-state index contributed by atoms with van der Waals surface area (Å²) in [6.07, 6.45) is -0.836. The summed E-state index contributed by atoms with van der Waals surface area (Å²) in [4.78, 5) is 2.32. The highest BCUT2D eigenvalue weighted by molar-refractivity contribution is 7.92. The van der Waals surface area contributed by atoms with E-state index in [0.717, 1.165) is 29.4 Å². The molecule has 1 saturated heterocycles. The second kappa shape index (κ2) is 9.36. The second-order valence-corrected chi connectivity index (χ2v) is 9.78. The van der Waals surface area contributed by atoms with Crippen LogP contribution < -0.4 is 4.31 Å². The zero-order valence-electron chi connectivity index (χ0n) is 17.6. The fourth-order valence-corrected chi connectivity index (χ4v) is 5.44. The largest absolute Gasteiger partial charge is 0.390 e. The molecule has 0 radical (unpaired) electrons. The van der Waals surface area contributed by atoms with Crippen molar-refractivity contribution in [3.63, 3.8) is 0 Å². The summed E-state index contributed by atoms with van der Waals surface area (Å²) in [5.41, 5.74) is 1.56. The average Bonchev–Trinajstić information content (AvgIpc) is 2.78. The summed E-state index contributed by atoms with van der Waals surface area (Å²) in [5, 5.41) is 12.7. The van der Waals surface area contributed by atoms with Gasteiger partial charge in [0.25, 0.3) is 10.0 Å². The third-order valence-electron chi connectivity index (χ3n) is 5.59. The Morgan fingerprint density at radius 1 is 1.00 bits per heavy atom. The number of ether oxygens (including phenoxy) is 1. The van der Waals surface area contributed by atoms with Crippen LogP contribution >= 0.6 is 0 Å². The first-order valence-corrected chi connectivity index (χ1v) is 11.9. The van der Waals surface area contributed by atoms with Crippen molar-refractivity contribution in [1.29, 1.82) is 0 Å². The van der Waals surface area contributed by atoms with Gasteiger partial charge in [0.2, 0.25) is 0 Å². The number of morpholine rings is 1. The lowest BCUT2D eigenvalue weighted by Crippen LogP contribution is -2.46. The van der Waals surface area contributed by atoms with E-state index in [1.165, 1.54) is 4.31 Å². The number of sulfonamides is 1. The Bertz CT molecular complexity index is 1120. The fourth-order valence-electron chi connectivity index (χ4n) is 3.92. The fraction of sp³-hybridized carbons (Fsp3) is 0.333. The average molecular weight is 441 g/mol. The van der Waals surface area contributed by atoms with E-state index in [1.807, 2.05) is 43.3 Å². The standard InChI is InChI=1S/C24H28N2O4S/c1-19-9-11-22(12-10-19)31(28,29)26(18-21(27)17-25-13-15-30-16-14-25)24-8-4-6-20-5-2-3-7-23(20)24/h2-12,21,27H,13-18H2,1H3/t21-/m0/s1. The molecule has 1 aliphatic heterocycles. The minimum Gasteiger partial charge on any atom is -0.390 e. The molecule has 7 heteroatoms. The van der Waals surface area contributed by atoms with E-state index in [-0.39, 0.29) is 11.4 Å². The summed E-state index contributed by atoms with van der Waals surface area (Å²) in [6, 6.07) is 20.1. The molecule has 1 fully saturated rings. The number of nitrogens with zero attached hydrogens (tertiary/aromatic N) is 2. The van der Waals surface area contributed by atoms with E-state index in [1.54, 1.807) is 30.3 Å². The van der Waals surface area contributed by atoms with Crippen LogP contribution in [0.25, 0.3) is 10.8 Å². The molecule has 1 aliphatic rings. The number of aryl methyl sites for hydroxylation is 1. The lowest BCUT2D eigenvalue weighted by molar-refractivity contribution is 0.0166. The van der Waals surface area contributed by atoms with E-state index in [4.69, 9.17) is 4.74 Å². The van der Waals surface area contributed by atoms with Gasteiger partial charge < -0.3 is 9.84 Å². The van der Waals surface area contributed by atoms with E-state index in [2.05, 4.69) is 4.90 Å². The summed E-state index contributed by atoms with van der Waals surface area (Å²) in [7, 11) is -3.87. The Hall–Kier alpha value is -2.45. The van der Waals surface area contributed by atoms with Crippen LogP contribution in [-0.4, -0.2) is 63.9 Å². The van der Waals surface area contributed by atoms with Crippen molar-refractivity contribution in [2.75, 3.05) is 43.7 Å². The quantitative estimate of drug-likeness (QED) is 0.612. The molecule has 0 aromatic heterocycles. The Balaban J connectivity index is 1.72. The summed E-state index contributed by atoms with van der Waals surface area (Å²) < 4.78 is 34.1. The summed E-state index contributed by atoms with van der Waals surface area (Å²) in [5.74, 6) is 0. The topological polar surface area (TPSA) is 70.1 Å². The number of anilines is 1. The molecule has 1 heterocycles. The first-order valence-electron chi connectivity index (χ1n) is 10.5. The monoisotopic (exact) mass is 440 g/mol. The Kier molecular flexibility index (Phi) is 6.57. The Labute approximate surface area is 183 Å². The van der Waals surface area contributed by atoms with E-state index < -0.39 is 16.1 Å². The number of hydrogen-bond acceptors (Lipinski definition) is 5. The Morgan fingerprint density at radius 3 is 2.42 bits per heavy atom. The number of rotatable bonds is 7. The highest BCUT2D eigenvalue weighted by Gasteiger charge is 2.29. The minimum absolute atomic E-state index is 0.0262. The van der Waals surface area contributed by atoms with Crippen molar-refractivity contribution in [1.82, 2.24) is 4.90 Å². The van der Waals surface area contributed by atoms with Gasteiger partial charge in [-0.05, 0) is 30.5 Å². The minimum atomic E-state index is -3.87. The van der Waals surface area contributed by atoms with Crippen LogP contribution in [0, 0.1) is 6.92 Å². The predicted octanol–water partition coefficient (Wildman–Crippen LogP) is 3.04. The van der Waals surface area contributed by atoms with Crippen molar-refractivity contribution < 1.29 is 18.3 Å². The molecular weight excluding hydrogens is 412 g/mol. The van der Waals surface area contributed by atoms with Crippen LogP contribution in [0.5, 0.6) is 0 Å². The molecule has 0 unspecified atom stereocenters. The van der Waals surface area contributed by atoms with Crippen LogP contribution in [0.2, 0.25) is 0 Å². The molecule has 31 heavy (non-hydrogen) atoms. The maximum Gasteiger partial charge on any atom is 0.264 e.